The molecule has 2 unspecified atom stereocenters. The first kappa shape index (κ1) is 150. The van der Waals surface area contributed by atoms with E-state index in [1.165, 1.54) is 133 Å². The van der Waals surface area contributed by atoms with Gasteiger partial charge in [0.25, 0.3) is 0 Å². The fourth-order valence-corrected chi connectivity index (χ4v) is 17.0. The number of H-pyrrole nitrogens is 1. The summed E-state index contributed by atoms with van der Waals surface area (Å²) in [4.78, 5) is 27.6. The van der Waals surface area contributed by atoms with Crippen molar-refractivity contribution in [3.05, 3.63) is 345 Å². The van der Waals surface area contributed by atoms with Gasteiger partial charge in [-0.2, -0.15) is 0 Å². The maximum absolute atomic E-state index is 4.46. The van der Waals surface area contributed by atoms with Crippen LogP contribution < -0.4 is 0 Å². The number of likely N-dealkylation sites (tertiary alicyclic amines) is 1. The molecule has 2 atom stereocenters. The molecule has 1 N–H and O–H groups in total. The molecular formula is C141H234N8. The van der Waals surface area contributed by atoms with E-state index in [2.05, 4.69) is 380 Å². The molecule has 0 spiro atoms. The van der Waals surface area contributed by atoms with Crippen molar-refractivity contribution in [1.82, 2.24) is 34.6 Å². The highest BCUT2D eigenvalue weighted by Gasteiger charge is 2.27. The van der Waals surface area contributed by atoms with Gasteiger partial charge in [-0.1, -0.05) is 473 Å². The fraction of sp³-hybridized carbons (Fsp3) is 0.546. The number of para-hydroxylation sites is 1. The number of pyridine rings is 1. The van der Waals surface area contributed by atoms with Gasteiger partial charge in [-0.25, -0.2) is 9.97 Å². The molecule has 7 aliphatic rings. The number of nitrogens with zero attached hydrogens (tertiary/aromatic N) is 7. The molecule has 1 fully saturated rings. The number of hydrogen-bond donors (Lipinski definition) is 1. The van der Waals surface area contributed by atoms with Crippen molar-refractivity contribution < 1.29 is 0 Å². The van der Waals surface area contributed by atoms with E-state index in [9.17, 15) is 0 Å². The van der Waals surface area contributed by atoms with Crippen LogP contribution in [-0.4, -0.2) is 78.6 Å². The molecule has 9 aromatic carbocycles. The third-order valence-corrected chi connectivity index (χ3v) is 25.9. The molecule has 3 aromatic heterocycles. The molecule has 1 saturated heterocycles. The molecule has 0 bridgehead atoms. The Bertz CT molecular complexity index is 4860. The number of aliphatic imine (C=N–C) groups is 1. The van der Waals surface area contributed by atoms with Crippen LogP contribution >= 0.6 is 0 Å². The van der Waals surface area contributed by atoms with E-state index in [0.717, 1.165) is 90.0 Å². The van der Waals surface area contributed by atoms with Gasteiger partial charge in [0.2, 0.25) is 0 Å². The van der Waals surface area contributed by atoms with E-state index < -0.39 is 0 Å². The Kier molecular flexibility index (Phi) is 93.0. The summed E-state index contributed by atoms with van der Waals surface area (Å²) < 4.78 is 0. The number of fused-ring (bicyclic) bond motifs is 8. The van der Waals surface area contributed by atoms with Crippen molar-refractivity contribution in [2.24, 2.45) is 34.6 Å². The minimum absolute atomic E-state index is 0. The van der Waals surface area contributed by atoms with Crippen molar-refractivity contribution in [3.8, 4) is 0 Å². The van der Waals surface area contributed by atoms with E-state index in [4.69, 9.17) is 0 Å². The smallest absolute Gasteiger partial charge is 0.131 e. The third kappa shape index (κ3) is 57.2. The summed E-state index contributed by atoms with van der Waals surface area (Å²) in [5.74, 6) is 8.92. The van der Waals surface area contributed by atoms with Crippen LogP contribution in [0, 0.1) is 29.6 Å². The Balaban J connectivity index is -0.000000370. The van der Waals surface area contributed by atoms with Crippen molar-refractivity contribution >= 4 is 33.7 Å². The van der Waals surface area contributed by atoms with Crippen LogP contribution in [0.25, 0.3) is 21.8 Å². The Morgan fingerprint density at radius 2 is 0.691 bits per heavy atom. The summed E-state index contributed by atoms with van der Waals surface area (Å²) in [6, 6.07) is 84.2. The van der Waals surface area contributed by atoms with Crippen LogP contribution in [0.4, 0.5) is 5.69 Å². The maximum atomic E-state index is 4.46. The molecule has 12 aromatic rings. The first-order chi connectivity index (χ1) is 70.6. The van der Waals surface area contributed by atoms with Crippen LogP contribution in [0.3, 0.4) is 0 Å². The first-order valence-corrected chi connectivity index (χ1v) is 58.6. The zero-order valence-corrected chi connectivity index (χ0v) is 102. The molecule has 0 amide bonds. The zero-order chi connectivity index (χ0) is 111. The van der Waals surface area contributed by atoms with Crippen LogP contribution in [0.5, 0.6) is 0 Å². The van der Waals surface area contributed by atoms with Gasteiger partial charge in [0, 0.05) is 98.5 Å². The number of benzene rings is 9. The standard InChI is InChI=1S/C13H18.C12H17N.2C12H16.C11H12N2.2C11H13N.C11H15N.C9H12.C8H11N.C6H13N.11C2H6.3CH4/c1-10(2)12-8-7-11-5-3-4-6-13(11)9-12;1-10(2)13-8-7-11-5-3-4-6-12(11)9-13;1-9(2)12-7-10-5-3-4-6-11(10)8-12;1-9(2)11-8-7-10-5-3-4-6-12(10)11;1-8(2)11-12-7-9-5-3-4-6-10(9)13-11;2*1-8(2)9-3-4-11-10(7-9)5-6-12-11;1-9(2)12-7-10-5-3-4-6-11(10)8-12;1-8(2)9-6-4-3-5-7-9;1-7(2)8-3-5-9-6-4-8;1-6(2)7-4-3-5-7;11*1-2;;;/h3-6,10,12H,7-9H2,1-2H3;3-6,10H,7-9H2,1-2H3;3-6,9,12H,7-8H2,1-2H3;3-6,9,11H,7-8H2,1-2H3;3-8H,1-2H3;3-4,6-8H,5H2,1-2H3;3-8,12H,1-2H3;3-6,9H,7-8H2,1-2H3;3-8H,1-2H3;3-7H,1-2H3;6H,3-5H2,1-2H3;11*1-2H3;3*1H4. The lowest BCUT2D eigenvalue weighted by Crippen LogP contribution is -2.41. The molecule has 838 valence electrons. The first-order valence-electron chi connectivity index (χ1n) is 58.6. The number of nitrogens with one attached hydrogen (secondary N) is 1. The van der Waals surface area contributed by atoms with Gasteiger partial charge in [0.05, 0.1) is 11.2 Å². The Labute approximate surface area is 925 Å². The lowest BCUT2D eigenvalue weighted by atomic mass is 9.78. The molecule has 4 aliphatic heterocycles. The highest BCUT2D eigenvalue weighted by molar-refractivity contribution is 5.80. The number of aromatic nitrogens is 4. The minimum atomic E-state index is 0. The topological polar surface area (TPSA) is 76.5 Å². The largest absolute Gasteiger partial charge is 0.361 e. The normalized spacial score (nSPS) is 13.6. The van der Waals surface area contributed by atoms with E-state index >= 15 is 0 Å². The quantitative estimate of drug-likeness (QED) is 0.139. The number of rotatable bonds is 11. The molecule has 149 heavy (non-hydrogen) atoms. The van der Waals surface area contributed by atoms with Crippen LogP contribution in [-0.2, 0) is 64.6 Å². The predicted octanol–water partition coefficient (Wildman–Crippen LogP) is 43.2. The number of aromatic amines is 1. The van der Waals surface area contributed by atoms with E-state index in [-0.39, 0.29) is 22.3 Å². The fourth-order valence-electron chi connectivity index (χ4n) is 17.0. The molecule has 8 heteroatoms. The van der Waals surface area contributed by atoms with Gasteiger partial charge >= 0.3 is 0 Å². The van der Waals surface area contributed by atoms with Crippen LogP contribution in [0.15, 0.2) is 260 Å². The minimum Gasteiger partial charge on any atom is -0.361 e. The number of hydrogen-bond acceptors (Lipinski definition) is 7. The van der Waals surface area contributed by atoms with Gasteiger partial charge in [-0.3, -0.25) is 19.8 Å². The second-order valence-corrected chi connectivity index (χ2v) is 38.6. The van der Waals surface area contributed by atoms with Gasteiger partial charge in [-0.15, -0.1) is 0 Å². The Morgan fingerprint density at radius 3 is 1.12 bits per heavy atom. The highest BCUT2D eigenvalue weighted by Crippen LogP contribution is 2.39. The van der Waals surface area contributed by atoms with Gasteiger partial charge in [0.1, 0.15) is 5.82 Å². The average molecular weight is 2040 g/mol. The molecule has 0 saturated carbocycles. The van der Waals surface area contributed by atoms with Crippen LogP contribution in [0.2, 0.25) is 0 Å². The SMILES string of the molecule is C.C.C.CC.CC.CC.CC.CC.CC.CC.CC.CC.CC.CC.CC(C)C1CCc2ccccc21.CC(C)C1CCc2ccccc2C1.CC(C)C1Cc2ccccc2C1.CC(C)N1CCC1.CC(C)N1CCc2ccccc2C1.CC(C)N1Cc2ccccc2C1.CC(C)c1ccc2[nH]ccc2c1.CC(C)c1ccc2c(c1)CC=N2.CC(C)c1ccccc1.CC(C)c1ccncc1.CC(C)c1ncc2ccccc2n1. The zero-order valence-electron chi connectivity index (χ0n) is 102. The second-order valence-electron chi connectivity index (χ2n) is 38.6. The summed E-state index contributed by atoms with van der Waals surface area (Å²) in [7, 11) is 0. The summed E-state index contributed by atoms with van der Waals surface area (Å²) in [6.45, 7) is 101. The maximum Gasteiger partial charge on any atom is 0.131 e. The van der Waals surface area contributed by atoms with Gasteiger partial charge < -0.3 is 9.88 Å². The Hall–Kier alpha value is -9.44. The number of aryl methyl sites for hydroxylation is 2. The molecular weight excluding hydrogens is 1810 g/mol. The average Bonchev–Trinajstić information content (AvgIpc) is 1.67. The summed E-state index contributed by atoms with van der Waals surface area (Å²) in [6.07, 6.45) is 22.4. The molecule has 7 heterocycles. The molecule has 0 radical (unpaired) electrons. The molecule has 8 nitrogen and oxygen atoms in total. The van der Waals surface area contributed by atoms with Crippen molar-refractivity contribution in [1.29, 1.82) is 0 Å². The highest BCUT2D eigenvalue weighted by atomic mass is 15.2. The predicted molar refractivity (Wildman–Crippen MR) is 681 cm³/mol. The van der Waals surface area contributed by atoms with Crippen molar-refractivity contribution in [3.63, 3.8) is 0 Å². The lowest BCUT2D eigenvalue weighted by Gasteiger charge is -2.34. The summed E-state index contributed by atoms with van der Waals surface area (Å²) in [5.41, 5.74) is 26.0. The lowest BCUT2D eigenvalue weighted by molar-refractivity contribution is 0.138. The van der Waals surface area contributed by atoms with Crippen molar-refractivity contribution in [2.45, 2.75) is 464 Å². The van der Waals surface area contributed by atoms with Crippen molar-refractivity contribution in [2.75, 3.05) is 19.6 Å². The van der Waals surface area contributed by atoms with E-state index in [0.29, 0.717) is 41.7 Å². The second kappa shape index (κ2) is 92.3. The molecule has 19 rings (SSSR count). The van der Waals surface area contributed by atoms with E-state index in [1.807, 2.05) is 226 Å². The Morgan fingerprint density at radius 1 is 0.302 bits per heavy atom. The third-order valence-electron chi connectivity index (χ3n) is 25.9. The van der Waals surface area contributed by atoms with Gasteiger partial charge in [0.15, 0.2) is 0 Å². The monoisotopic (exact) mass is 2040 g/mol. The van der Waals surface area contributed by atoms with E-state index in [1.54, 1.807) is 38.9 Å². The summed E-state index contributed by atoms with van der Waals surface area (Å²) in [5, 5.41) is 2.41. The van der Waals surface area contributed by atoms with Gasteiger partial charge in [-0.05, 0) is 303 Å². The van der Waals surface area contributed by atoms with Crippen LogP contribution in [0.1, 0.15) is 471 Å². The molecule has 3 aliphatic carbocycles. The summed E-state index contributed by atoms with van der Waals surface area (Å²) >= 11 is 0.